The highest BCUT2D eigenvalue weighted by Crippen LogP contribution is 2.18. The molecule has 5 heteroatoms. The number of carbonyl (C=O) groups excluding carboxylic acids is 1. The Labute approximate surface area is 130 Å². The second kappa shape index (κ2) is 6.66. The topological polar surface area (TPSA) is 66.9 Å². The van der Waals surface area contributed by atoms with E-state index in [4.69, 9.17) is 0 Å². The molecule has 0 aliphatic carbocycles. The number of rotatable bonds is 3. The number of carbonyl (C=O) groups is 1. The SMILES string of the molecule is CC1CCNC(C(=O)Nc2cnc(-c3ccccc3)nc2)C1. The normalized spacial score (nSPS) is 21.3. The molecule has 2 N–H and O–H groups in total. The van der Waals surface area contributed by atoms with Gasteiger partial charge in [0, 0.05) is 5.56 Å². The highest BCUT2D eigenvalue weighted by atomic mass is 16.2. The minimum Gasteiger partial charge on any atom is -0.322 e. The maximum atomic E-state index is 12.2. The molecule has 2 unspecified atom stereocenters. The number of hydrogen-bond acceptors (Lipinski definition) is 4. The second-order valence-corrected chi connectivity index (χ2v) is 5.79. The molecule has 1 aliphatic rings. The van der Waals surface area contributed by atoms with Gasteiger partial charge in [-0.25, -0.2) is 9.97 Å². The van der Waals surface area contributed by atoms with Crippen molar-refractivity contribution in [1.82, 2.24) is 15.3 Å². The summed E-state index contributed by atoms with van der Waals surface area (Å²) < 4.78 is 0. The molecule has 1 fully saturated rings. The van der Waals surface area contributed by atoms with E-state index in [1.807, 2.05) is 30.3 Å². The molecule has 1 aromatic carbocycles. The first-order chi connectivity index (χ1) is 10.7. The lowest BCUT2D eigenvalue weighted by Gasteiger charge is -2.27. The highest BCUT2D eigenvalue weighted by molar-refractivity contribution is 5.94. The molecule has 1 saturated heterocycles. The van der Waals surface area contributed by atoms with E-state index in [0.717, 1.165) is 24.9 Å². The first-order valence-electron chi connectivity index (χ1n) is 7.64. The molecule has 2 aromatic rings. The highest BCUT2D eigenvalue weighted by Gasteiger charge is 2.24. The van der Waals surface area contributed by atoms with E-state index in [1.54, 1.807) is 12.4 Å². The maximum Gasteiger partial charge on any atom is 0.241 e. The van der Waals surface area contributed by atoms with Crippen LogP contribution >= 0.6 is 0 Å². The van der Waals surface area contributed by atoms with Crippen LogP contribution in [0.1, 0.15) is 19.8 Å². The van der Waals surface area contributed by atoms with Crippen molar-refractivity contribution in [1.29, 1.82) is 0 Å². The lowest BCUT2D eigenvalue weighted by molar-refractivity contribution is -0.119. The fourth-order valence-corrected chi connectivity index (χ4v) is 2.67. The molecule has 2 heterocycles. The summed E-state index contributed by atoms with van der Waals surface area (Å²) >= 11 is 0. The van der Waals surface area contributed by atoms with Gasteiger partial charge in [0.15, 0.2) is 5.82 Å². The van der Waals surface area contributed by atoms with E-state index in [0.29, 0.717) is 17.4 Å². The Balaban J connectivity index is 1.65. The smallest absolute Gasteiger partial charge is 0.241 e. The Morgan fingerprint density at radius 3 is 2.64 bits per heavy atom. The summed E-state index contributed by atoms with van der Waals surface area (Å²) in [5.74, 6) is 1.22. The molecule has 0 spiro atoms. The molecule has 1 amide bonds. The Bertz CT molecular complexity index is 627. The van der Waals surface area contributed by atoms with Crippen molar-refractivity contribution in [3.63, 3.8) is 0 Å². The predicted molar refractivity (Wildman–Crippen MR) is 86.3 cm³/mol. The summed E-state index contributed by atoms with van der Waals surface area (Å²) in [6.45, 7) is 3.07. The molecular weight excluding hydrogens is 276 g/mol. The summed E-state index contributed by atoms with van der Waals surface area (Å²) in [7, 11) is 0. The standard InChI is InChI=1S/C17H20N4O/c1-12-7-8-18-15(9-12)17(22)21-14-10-19-16(20-11-14)13-5-3-2-4-6-13/h2-6,10-12,15,18H,7-9H2,1H3,(H,21,22). The van der Waals surface area contributed by atoms with Crippen molar-refractivity contribution in [3.8, 4) is 11.4 Å². The molecule has 0 saturated carbocycles. The van der Waals surface area contributed by atoms with Gasteiger partial charge >= 0.3 is 0 Å². The van der Waals surface area contributed by atoms with Crippen LogP contribution in [0.15, 0.2) is 42.7 Å². The van der Waals surface area contributed by atoms with Crippen LogP contribution in [0.3, 0.4) is 0 Å². The monoisotopic (exact) mass is 296 g/mol. The van der Waals surface area contributed by atoms with Crippen LogP contribution in [0.5, 0.6) is 0 Å². The summed E-state index contributed by atoms with van der Waals surface area (Å²) in [6.07, 6.45) is 5.30. The van der Waals surface area contributed by atoms with Crippen LogP contribution in [0, 0.1) is 5.92 Å². The van der Waals surface area contributed by atoms with Gasteiger partial charge in [0.2, 0.25) is 5.91 Å². The number of amides is 1. The van der Waals surface area contributed by atoms with Crippen molar-refractivity contribution in [3.05, 3.63) is 42.7 Å². The number of hydrogen-bond donors (Lipinski definition) is 2. The van der Waals surface area contributed by atoms with Crippen molar-refractivity contribution < 1.29 is 4.79 Å². The third-order valence-corrected chi connectivity index (χ3v) is 3.93. The van der Waals surface area contributed by atoms with E-state index in [-0.39, 0.29) is 11.9 Å². The zero-order valence-corrected chi connectivity index (χ0v) is 12.6. The first-order valence-corrected chi connectivity index (χ1v) is 7.64. The van der Waals surface area contributed by atoms with Crippen LogP contribution in [0.4, 0.5) is 5.69 Å². The van der Waals surface area contributed by atoms with Crippen molar-refractivity contribution >= 4 is 11.6 Å². The summed E-state index contributed by atoms with van der Waals surface area (Å²) in [4.78, 5) is 20.9. The molecule has 114 valence electrons. The van der Waals surface area contributed by atoms with Gasteiger partial charge in [0.25, 0.3) is 0 Å². The largest absolute Gasteiger partial charge is 0.322 e. The van der Waals surface area contributed by atoms with E-state index >= 15 is 0 Å². The molecule has 1 aromatic heterocycles. The molecule has 22 heavy (non-hydrogen) atoms. The van der Waals surface area contributed by atoms with E-state index in [9.17, 15) is 4.79 Å². The Kier molecular flexibility index (Phi) is 4.44. The molecular formula is C17H20N4O. The second-order valence-electron chi connectivity index (χ2n) is 5.79. The minimum atomic E-state index is -0.127. The molecule has 1 aliphatic heterocycles. The number of nitrogens with zero attached hydrogens (tertiary/aromatic N) is 2. The fraction of sp³-hybridized carbons (Fsp3) is 0.353. The average Bonchev–Trinajstić information content (AvgIpc) is 2.56. The fourth-order valence-electron chi connectivity index (χ4n) is 2.67. The lowest BCUT2D eigenvalue weighted by atomic mass is 9.94. The first kappa shape index (κ1) is 14.7. The minimum absolute atomic E-state index is 0.0115. The zero-order chi connectivity index (χ0) is 15.4. The van der Waals surface area contributed by atoms with Gasteiger partial charge in [0.1, 0.15) is 0 Å². The lowest BCUT2D eigenvalue weighted by Crippen LogP contribution is -2.45. The number of anilines is 1. The third-order valence-electron chi connectivity index (χ3n) is 3.93. The van der Waals surface area contributed by atoms with Gasteiger partial charge in [-0.3, -0.25) is 4.79 Å². The summed E-state index contributed by atoms with van der Waals surface area (Å²) in [6, 6.07) is 9.64. The van der Waals surface area contributed by atoms with E-state index in [1.165, 1.54) is 0 Å². The van der Waals surface area contributed by atoms with Gasteiger partial charge in [-0.05, 0) is 25.3 Å². The summed E-state index contributed by atoms with van der Waals surface area (Å²) in [5.41, 5.74) is 1.59. The number of piperidine rings is 1. The van der Waals surface area contributed by atoms with Crippen LogP contribution < -0.4 is 10.6 Å². The Morgan fingerprint density at radius 1 is 1.23 bits per heavy atom. The van der Waals surface area contributed by atoms with Crippen molar-refractivity contribution in [2.75, 3.05) is 11.9 Å². The number of aromatic nitrogens is 2. The van der Waals surface area contributed by atoms with Gasteiger partial charge in [-0.1, -0.05) is 37.3 Å². The zero-order valence-electron chi connectivity index (χ0n) is 12.6. The summed E-state index contributed by atoms with van der Waals surface area (Å²) in [5, 5.41) is 6.14. The van der Waals surface area contributed by atoms with E-state index in [2.05, 4.69) is 27.5 Å². The Morgan fingerprint density at radius 2 is 1.95 bits per heavy atom. The molecule has 5 nitrogen and oxygen atoms in total. The molecule has 0 bridgehead atoms. The third kappa shape index (κ3) is 3.49. The van der Waals surface area contributed by atoms with Crippen molar-refractivity contribution in [2.45, 2.75) is 25.8 Å². The number of nitrogens with one attached hydrogen (secondary N) is 2. The predicted octanol–water partition coefficient (Wildman–Crippen LogP) is 2.47. The van der Waals surface area contributed by atoms with Gasteiger partial charge in [-0.15, -0.1) is 0 Å². The van der Waals surface area contributed by atoms with Crippen molar-refractivity contribution in [2.24, 2.45) is 5.92 Å². The average molecular weight is 296 g/mol. The quantitative estimate of drug-likeness (QED) is 0.913. The molecule has 0 radical (unpaired) electrons. The molecule has 2 atom stereocenters. The number of benzene rings is 1. The van der Waals surface area contributed by atoms with Crippen LogP contribution in [0.25, 0.3) is 11.4 Å². The van der Waals surface area contributed by atoms with Crippen LogP contribution in [0.2, 0.25) is 0 Å². The van der Waals surface area contributed by atoms with Gasteiger partial charge < -0.3 is 10.6 Å². The van der Waals surface area contributed by atoms with Gasteiger partial charge in [-0.2, -0.15) is 0 Å². The Hall–Kier alpha value is -2.27. The molecule has 3 rings (SSSR count). The van der Waals surface area contributed by atoms with E-state index < -0.39 is 0 Å². The van der Waals surface area contributed by atoms with Gasteiger partial charge in [0.05, 0.1) is 24.1 Å². The van der Waals surface area contributed by atoms with Crippen LogP contribution in [-0.4, -0.2) is 28.5 Å². The maximum absolute atomic E-state index is 12.2. The van der Waals surface area contributed by atoms with Crippen LogP contribution in [-0.2, 0) is 4.79 Å².